The van der Waals surface area contributed by atoms with Gasteiger partial charge >= 0.3 is 0 Å². The molecule has 39 heavy (non-hydrogen) atoms. The Kier molecular flexibility index (Phi) is 5.17. The molecule has 5 nitrogen and oxygen atoms in total. The van der Waals surface area contributed by atoms with Crippen LogP contribution in [0.2, 0.25) is 0 Å². The van der Waals surface area contributed by atoms with E-state index in [0.717, 1.165) is 16.8 Å². The third-order valence-corrected chi connectivity index (χ3v) is 8.49. The molecule has 1 aliphatic carbocycles. The Morgan fingerprint density at radius 2 is 1.46 bits per heavy atom. The number of methoxy groups -OCH3 is 1. The number of Topliss-reactive ketones (excluding diaryl/α,β-unsaturated/α-hetero) is 3. The SMILES string of the molecule is COc1cccc([C@H]2[C@H](C(=O)c3ccccc3)N3c4ccccc4C=C[C@@H]3C23C(=O)c2ccccc2C3=O)c1. The van der Waals surface area contributed by atoms with Gasteiger partial charge in [-0.25, -0.2) is 0 Å². The minimum atomic E-state index is -1.52. The first-order valence-electron chi connectivity index (χ1n) is 13.0. The first-order valence-corrected chi connectivity index (χ1v) is 13.0. The van der Waals surface area contributed by atoms with Crippen LogP contribution in [0.15, 0.2) is 109 Å². The lowest BCUT2D eigenvalue weighted by molar-refractivity contribution is 0.0665. The molecule has 0 N–H and O–H groups in total. The molecule has 0 aromatic heterocycles. The van der Waals surface area contributed by atoms with Crippen LogP contribution in [0.4, 0.5) is 5.69 Å². The van der Waals surface area contributed by atoms with Crippen molar-refractivity contribution in [1.29, 1.82) is 0 Å². The van der Waals surface area contributed by atoms with Crippen molar-refractivity contribution in [3.8, 4) is 5.75 Å². The van der Waals surface area contributed by atoms with Crippen LogP contribution >= 0.6 is 0 Å². The largest absolute Gasteiger partial charge is 0.497 e. The van der Waals surface area contributed by atoms with Gasteiger partial charge < -0.3 is 9.64 Å². The molecule has 1 saturated heterocycles. The maximum atomic E-state index is 14.6. The number of carbonyl (C=O) groups excluding carboxylic acids is 3. The fourth-order valence-corrected chi connectivity index (χ4v) is 6.90. The predicted octanol–water partition coefficient (Wildman–Crippen LogP) is 6.01. The van der Waals surface area contributed by atoms with Gasteiger partial charge in [-0.2, -0.15) is 0 Å². The molecule has 0 radical (unpaired) electrons. The molecular formula is C34H25NO4. The van der Waals surface area contributed by atoms with E-state index in [9.17, 15) is 14.4 Å². The lowest BCUT2D eigenvalue weighted by Gasteiger charge is -2.37. The van der Waals surface area contributed by atoms with Crippen molar-refractivity contribution in [2.24, 2.45) is 5.41 Å². The van der Waals surface area contributed by atoms with E-state index in [2.05, 4.69) is 0 Å². The highest BCUT2D eigenvalue weighted by Crippen LogP contribution is 2.61. The molecule has 1 fully saturated rings. The Balaban J connectivity index is 1.56. The fourth-order valence-electron chi connectivity index (χ4n) is 6.90. The monoisotopic (exact) mass is 511 g/mol. The van der Waals surface area contributed by atoms with E-state index in [4.69, 9.17) is 4.74 Å². The molecule has 3 aliphatic rings. The second-order valence-electron chi connectivity index (χ2n) is 10.3. The molecule has 5 heteroatoms. The van der Waals surface area contributed by atoms with Gasteiger partial charge in [0.05, 0.1) is 13.2 Å². The summed E-state index contributed by atoms with van der Waals surface area (Å²) in [5.41, 5.74) is 2.34. The smallest absolute Gasteiger partial charge is 0.185 e. The van der Waals surface area contributed by atoms with Crippen molar-refractivity contribution in [3.63, 3.8) is 0 Å². The van der Waals surface area contributed by atoms with Crippen LogP contribution in [0.3, 0.4) is 0 Å². The van der Waals surface area contributed by atoms with Crippen LogP contribution in [0.25, 0.3) is 6.08 Å². The highest BCUT2D eigenvalue weighted by Gasteiger charge is 2.71. The maximum Gasteiger partial charge on any atom is 0.185 e. The van der Waals surface area contributed by atoms with Gasteiger partial charge in [0, 0.05) is 28.3 Å². The summed E-state index contributed by atoms with van der Waals surface area (Å²) < 4.78 is 5.55. The second kappa shape index (κ2) is 8.63. The minimum Gasteiger partial charge on any atom is -0.497 e. The molecule has 0 bridgehead atoms. The van der Waals surface area contributed by atoms with Crippen molar-refractivity contribution in [3.05, 3.63) is 137 Å². The topological polar surface area (TPSA) is 63.7 Å². The van der Waals surface area contributed by atoms with Gasteiger partial charge in [0.1, 0.15) is 17.2 Å². The first-order chi connectivity index (χ1) is 19.1. The van der Waals surface area contributed by atoms with Crippen molar-refractivity contribution >= 4 is 29.1 Å². The number of anilines is 1. The van der Waals surface area contributed by atoms with E-state index in [-0.39, 0.29) is 17.3 Å². The number of benzene rings is 4. The summed E-state index contributed by atoms with van der Waals surface area (Å²) in [7, 11) is 1.58. The third kappa shape index (κ3) is 3.10. The van der Waals surface area contributed by atoms with Crippen molar-refractivity contribution < 1.29 is 19.1 Å². The molecule has 2 aliphatic heterocycles. The number of nitrogens with zero attached hydrogens (tertiary/aromatic N) is 1. The summed E-state index contributed by atoms with van der Waals surface area (Å²) in [6.45, 7) is 0. The first kappa shape index (κ1) is 23.4. The van der Waals surface area contributed by atoms with Gasteiger partial charge in [-0.3, -0.25) is 14.4 Å². The number of rotatable bonds is 4. The standard InChI is InChI=1S/C34H25NO4/c1-39-24-14-9-13-23(20-24)29-30(31(36)22-11-3-2-4-12-22)35-27-17-8-5-10-21(27)18-19-28(35)34(29)32(37)25-15-6-7-16-26(25)33(34)38/h2-20,28-30H,1H3/t28-,29+,30-/m1/s1. The van der Waals surface area contributed by atoms with E-state index in [0.29, 0.717) is 22.4 Å². The maximum absolute atomic E-state index is 14.6. The lowest BCUT2D eigenvalue weighted by atomic mass is 9.64. The number of carbonyl (C=O) groups is 3. The van der Waals surface area contributed by atoms with E-state index in [1.165, 1.54) is 0 Å². The molecule has 4 aromatic rings. The van der Waals surface area contributed by atoms with E-state index < -0.39 is 23.4 Å². The summed E-state index contributed by atoms with van der Waals surface area (Å²) in [5, 5.41) is 0. The summed E-state index contributed by atoms with van der Waals surface area (Å²) in [6, 6.07) is 30.0. The molecule has 2 heterocycles. The molecular weight excluding hydrogens is 486 g/mol. The Morgan fingerprint density at radius 3 is 2.18 bits per heavy atom. The van der Waals surface area contributed by atoms with Crippen molar-refractivity contribution in [1.82, 2.24) is 0 Å². The summed E-state index contributed by atoms with van der Waals surface area (Å²) in [6.07, 6.45) is 3.91. The van der Waals surface area contributed by atoms with Gasteiger partial charge in [0.2, 0.25) is 0 Å². The molecule has 190 valence electrons. The Hall–Kier alpha value is -4.77. The summed E-state index contributed by atoms with van der Waals surface area (Å²) in [4.78, 5) is 45.8. The summed E-state index contributed by atoms with van der Waals surface area (Å²) >= 11 is 0. The number of ketones is 3. The quantitative estimate of drug-likeness (QED) is 0.248. The number of hydrogen-bond acceptors (Lipinski definition) is 5. The number of fused-ring (bicyclic) bond motifs is 5. The number of ether oxygens (including phenoxy) is 1. The molecule has 3 atom stereocenters. The zero-order valence-corrected chi connectivity index (χ0v) is 21.3. The van der Waals surface area contributed by atoms with Crippen LogP contribution in [-0.2, 0) is 0 Å². The highest BCUT2D eigenvalue weighted by molar-refractivity contribution is 6.32. The minimum absolute atomic E-state index is 0.132. The molecule has 1 spiro atoms. The number of para-hydroxylation sites is 1. The van der Waals surface area contributed by atoms with Crippen LogP contribution in [-0.4, -0.2) is 36.5 Å². The lowest BCUT2D eigenvalue weighted by Crippen LogP contribution is -2.48. The average Bonchev–Trinajstić information content (AvgIpc) is 3.43. The molecule has 0 amide bonds. The van der Waals surface area contributed by atoms with Crippen LogP contribution < -0.4 is 9.64 Å². The van der Waals surface area contributed by atoms with Crippen molar-refractivity contribution in [2.45, 2.75) is 18.0 Å². The van der Waals surface area contributed by atoms with Crippen molar-refractivity contribution in [2.75, 3.05) is 12.0 Å². The zero-order valence-electron chi connectivity index (χ0n) is 21.3. The van der Waals surface area contributed by atoms with Gasteiger partial charge in [0.15, 0.2) is 17.3 Å². The highest BCUT2D eigenvalue weighted by atomic mass is 16.5. The molecule has 0 saturated carbocycles. The molecule has 4 aromatic carbocycles. The van der Waals surface area contributed by atoms with E-state index in [1.54, 1.807) is 43.5 Å². The zero-order chi connectivity index (χ0) is 26.7. The molecule has 7 rings (SSSR count). The third-order valence-electron chi connectivity index (χ3n) is 8.49. The fraction of sp³-hybridized carbons (Fsp3) is 0.147. The van der Waals surface area contributed by atoms with Crippen LogP contribution in [0, 0.1) is 5.41 Å². The van der Waals surface area contributed by atoms with Gasteiger partial charge in [-0.05, 0) is 29.3 Å². The predicted molar refractivity (Wildman–Crippen MR) is 150 cm³/mol. The number of hydrogen-bond donors (Lipinski definition) is 0. The van der Waals surface area contributed by atoms with E-state index >= 15 is 0 Å². The average molecular weight is 512 g/mol. The Labute approximate surface area is 226 Å². The summed E-state index contributed by atoms with van der Waals surface area (Å²) in [5.74, 6) is -0.762. The Morgan fingerprint density at radius 1 is 0.795 bits per heavy atom. The Bertz CT molecular complexity index is 1650. The normalized spacial score (nSPS) is 22.0. The van der Waals surface area contributed by atoms with Crippen LogP contribution in [0.1, 0.15) is 48.1 Å². The molecule has 0 unspecified atom stereocenters. The van der Waals surface area contributed by atoms with E-state index in [1.807, 2.05) is 83.8 Å². The second-order valence-corrected chi connectivity index (χ2v) is 10.3. The van der Waals surface area contributed by atoms with Gasteiger partial charge in [-0.1, -0.05) is 97.1 Å². The van der Waals surface area contributed by atoms with Crippen LogP contribution in [0.5, 0.6) is 5.75 Å². The van der Waals surface area contributed by atoms with Gasteiger partial charge in [0.25, 0.3) is 0 Å². The van der Waals surface area contributed by atoms with Gasteiger partial charge in [-0.15, -0.1) is 0 Å².